The van der Waals surface area contributed by atoms with E-state index in [0.29, 0.717) is 12.0 Å². The van der Waals surface area contributed by atoms with Crippen molar-refractivity contribution < 1.29 is 2.85 Å². The van der Waals surface area contributed by atoms with Crippen LogP contribution in [-0.4, -0.2) is 12.6 Å². The largest absolute Gasteiger partial charge is 0.312 e. The second-order valence-corrected chi connectivity index (χ2v) is 4.92. The molecule has 0 aromatic carbocycles. The molecule has 0 radical (unpaired) electrons. The van der Waals surface area contributed by atoms with Gasteiger partial charge in [-0.15, -0.1) is 11.8 Å². The third-order valence-electron chi connectivity index (χ3n) is 3.34. The fourth-order valence-corrected chi connectivity index (χ4v) is 2.38. The number of hydrogen-bond donors (Lipinski definition) is 1. The van der Waals surface area contributed by atoms with Gasteiger partial charge in [0.2, 0.25) is 0 Å². The number of rotatable bonds is 3. The maximum Gasteiger partial charge on any atom is 0.0243 e. The van der Waals surface area contributed by atoms with E-state index < -0.39 is 0 Å². The van der Waals surface area contributed by atoms with E-state index >= 15 is 0 Å². The Kier molecular flexibility index (Phi) is 7.53. The fraction of sp³-hybridized carbons (Fsp3) is 0.647. The Morgan fingerprint density at radius 3 is 3.00 bits per heavy atom. The van der Waals surface area contributed by atoms with Crippen LogP contribution < -0.4 is 5.32 Å². The first-order valence-corrected chi connectivity index (χ1v) is 7.37. The quantitative estimate of drug-likeness (QED) is 0.723. The fourth-order valence-electron chi connectivity index (χ4n) is 2.38. The van der Waals surface area contributed by atoms with E-state index in [1.54, 1.807) is 0 Å². The van der Waals surface area contributed by atoms with Gasteiger partial charge in [0.05, 0.1) is 0 Å². The lowest BCUT2D eigenvalue weighted by Gasteiger charge is -2.21. The van der Waals surface area contributed by atoms with Gasteiger partial charge in [-0.1, -0.05) is 37.6 Å². The predicted molar refractivity (Wildman–Crippen MR) is 84.6 cm³/mol. The molecule has 0 bridgehead atoms. The molecule has 0 aromatic rings. The zero-order valence-corrected chi connectivity index (χ0v) is 12.1. The topological polar surface area (TPSA) is 12.0 Å². The van der Waals surface area contributed by atoms with Gasteiger partial charge in [-0.25, -0.2) is 0 Å². The van der Waals surface area contributed by atoms with Crippen molar-refractivity contribution in [2.75, 3.05) is 6.54 Å². The van der Waals surface area contributed by atoms with E-state index in [9.17, 15) is 0 Å². The molecule has 2 atom stereocenters. The van der Waals surface area contributed by atoms with Gasteiger partial charge < -0.3 is 5.32 Å². The van der Waals surface area contributed by atoms with Gasteiger partial charge in [0.1, 0.15) is 0 Å². The van der Waals surface area contributed by atoms with Crippen molar-refractivity contribution in [1.82, 2.24) is 5.32 Å². The van der Waals surface area contributed by atoms with Gasteiger partial charge in [-0.3, -0.25) is 0 Å². The Labute approximate surface area is 116 Å². The summed E-state index contributed by atoms with van der Waals surface area (Å²) in [6.07, 6.45) is 12.6. The van der Waals surface area contributed by atoms with E-state index in [1.165, 1.54) is 24.8 Å². The minimum atomic E-state index is 0. The summed E-state index contributed by atoms with van der Waals surface area (Å²) in [6.45, 7) is 7.32. The average molecular weight is 249 g/mol. The van der Waals surface area contributed by atoms with Gasteiger partial charge in [-0.05, 0) is 32.1 Å². The Balaban J connectivity index is 0. The van der Waals surface area contributed by atoms with Crippen molar-refractivity contribution in [3.63, 3.8) is 0 Å². The Hall–Kier alpha value is -1.00. The van der Waals surface area contributed by atoms with Crippen LogP contribution in [0.2, 0.25) is 0 Å². The molecular weight excluding hydrogens is 218 g/mol. The molecule has 1 heteroatoms. The summed E-state index contributed by atoms with van der Waals surface area (Å²) in [5.41, 5.74) is 1.50. The molecule has 0 saturated heterocycles. The molecule has 104 valence electrons. The van der Waals surface area contributed by atoms with E-state index in [0.717, 1.165) is 19.4 Å². The lowest BCUT2D eigenvalue weighted by Crippen LogP contribution is -2.32. The highest BCUT2D eigenvalue weighted by Gasteiger charge is 2.12. The summed E-state index contributed by atoms with van der Waals surface area (Å²) in [6, 6.07) is 0.620. The van der Waals surface area contributed by atoms with Crippen molar-refractivity contribution in [3.8, 4) is 11.8 Å². The summed E-state index contributed by atoms with van der Waals surface area (Å²) >= 11 is 0. The van der Waals surface area contributed by atoms with Crippen LogP contribution in [0.3, 0.4) is 0 Å². The highest BCUT2D eigenvalue weighted by molar-refractivity contribution is 5.18. The van der Waals surface area contributed by atoms with Crippen LogP contribution in [0, 0.1) is 17.8 Å². The van der Waals surface area contributed by atoms with Crippen molar-refractivity contribution in [2.45, 2.75) is 58.9 Å². The van der Waals surface area contributed by atoms with E-state index in [-0.39, 0.29) is 2.85 Å². The van der Waals surface area contributed by atoms with Crippen LogP contribution >= 0.6 is 0 Å². The standard InChI is InChI=1S/C15H21N.C2H6.2H2/c1-13-7-6-8-14(11-13)12-16-15-9-4-2-3-5-10-15;1-2;;/h6-8,14-16H,2,4,9-12H2,1H3;1-2H3;2*1H. The molecule has 1 N–H and O–H groups in total. The minimum absolute atomic E-state index is 0. The maximum absolute atomic E-state index is 3.67. The Morgan fingerprint density at radius 1 is 1.39 bits per heavy atom. The van der Waals surface area contributed by atoms with Crippen LogP contribution in [-0.2, 0) is 0 Å². The molecule has 0 saturated carbocycles. The Morgan fingerprint density at radius 2 is 2.22 bits per heavy atom. The molecule has 2 unspecified atom stereocenters. The van der Waals surface area contributed by atoms with Crippen molar-refractivity contribution in [2.24, 2.45) is 5.92 Å². The monoisotopic (exact) mass is 249 g/mol. The van der Waals surface area contributed by atoms with Gasteiger partial charge in [0, 0.05) is 28.3 Å². The van der Waals surface area contributed by atoms with Crippen molar-refractivity contribution in [3.05, 3.63) is 23.8 Å². The molecule has 0 heterocycles. The molecule has 1 nitrogen and oxygen atoms in total. The van der Waals surface area contributed by atoms with Crippen LogP contribution in [0.1, 0.15) is 55.7 Å². The number of hydrogen-bond acceptors (Lipinski definition) is 1. The lowest BCUT2D eigenvalue weighted by atomic mass is 9.95. The van der Waals surface area contributed by atoms with E-state index in [2.05, 4.69) is 42.3 Å². The molecule has 2 rings (SSSR count). The normalized spacial score (nSPS) is 26.1. The molecule has 0 aliphatic heterocycles. The summed E-state index contributed by atoms with van der Waals surface area (Å²) in [7, 11) is 0. The van der Waals surface area contributed by atoms with Gasteiger partial charge >= 0.3 is 0 Å². The first-order chi connectivity index (χ1) is 8.84. The molecule has 0 fully saturated rings. The zero-order chi connectivity index (χ0) is 13.2. The van der Waals surface area contributed by atoms with Crippen molar-refractivity contribution in [1.29, 1.82) is 0 Å². The zero-order valence-electron chi connectivity index (χ0n) is 12.1. The summed E-state index contributed by atoms with van der Waals surface area (Å²) in [4.78, 5) is 0. The molecule has 0 aromatic heterocycles. The van der Waals surface area contributed by atoms with E-state index in [1.807, 2.05) is 13.8 Å². The molecule has 2 aliphatic carbocycles. The van der Waals surface area contributed by atoms with Gasteiger partial charge in [0.15, 0.2) is 0 Å². The van der Waals surface area contributed by atoms with Crippen LogP contribution in [0.5, 0.6) is 0 Å². The predicted octanol–water partition coefficient (Wildman–Crippen LogP) is 4.56. The maximum atomic E-state index is 3.67. The molecule has 2 aliphatic rings. The van der Waals surface area contributed by atoms with Crippen molar-refractivity contribution >= 4 is 0 Å². The summed E-state index contributed by atoms with van der Waals surface area (Å²) in [5.74, 6) is 7.14. The van der Waals surface area contributed by atoms with Gasteiger partial charge in [-0.2, -0.15) is 0 Å². The summed E-state index contributed by atoms with van der Waals surface area (Å²) < 4.78 is 0. The van der Waals surface area contributed by atoms with Crippen LogP contribution in [0.15, 0.2) is 23.8 Å². The molecule has 18 heavy (non-hydrogen) atoms. The smallest absolute Gasteiger partial charge is 0.0243 e. The first kappa shape index (κ1) is 15.1. The number of nitrogens with one attached hydrogen (secondary N) is 1. The third kappa shape index (κ3) is 5.56. The van der Waals surface area contributed by atoms with E-state index in [4.69, 9.17) is 0 Å². The Bertz CT molecular complexity index is 350. The molecular formula is C17H31N. The second-order valence-electron chi connectivity index (χ2n) is 4.92. The second kappa shape index (κ2) is 9.00. The third-order valence-corrected chi connectivity index (χ3v) is 3.34. The highest BCUT2D eigenvalue weighted by atomic mass is 14.9. The minimum Gasteiger partial charge on any atom is -0.312 e. The van der Waals surface area contributed by atoms with Gasteiger partial charge in [0.25, 0.3) is 0 Å². The SMILES string of the molecule is CC.CC1=CC=CC(CNC2CC#CCCC2)C1.[HH].[HH]. The number of allylic oxidation sites excluding steroid dienone is 3. The summed E-state index contributed by atoms with van der Waals surface area (Å²) in [5, 5.41) is 3.67. The molecule has 0 spiro atoms. The average Bonchev–Trinajstić information content (AvgIpc) is 2.67. The lowest BCUT2D eigenvalue weighted by molar-refractivity contribution is 0.443. The van der Waals surface area contributed by atoms with Crippen LogP contribution in [0.25, 0.3) is 0 Å². The highest BCUT2D eigenvalue weighted by Crippen LogP contribution is 2.18. The molecule has 0 amide bonds. The van der Waals surface area contributed by atoms with Crippen LogP contribution in [0.4, 0.5) is 0 Å². The first-order valence-electron chi connectivity index (χ1n) is 7.37.